The van der Waals surface area contributed by atoms with Gasteiger partial charge in [0.25, 0.3) is 0 Å². The Balaban J connectivity index is 1.94. The molecule has 0 spiro atoms. The minimum absolute atomic E-state index is 0.111. The fourth-order valence-corrected chi connectivity index (χ4v) is 1.82. The average Bonchev–Trinajstić information content (AvgIpc) is 2.45. The number of rotatable bonds is 5. The molecule has 0 fully saturated rings. The van der Waals surface area contributed by atoms with Gasteiger partial charge in [-0.3, -0.25) is 14.6 Å². The van der Waals surface area contributed by atoms with Gasteiger partial charge in [-0.2, -0.15) is 0 Å². The SMILES string of the molecule is CCOC(=O)CNC(=O)Cc1ccc2ccccc2n1. The zero-order chi connectivity index (χ0) is 14.4. The van der Waals surface area contributed by atoms with Gasteiger partial charge in [0.15, 0.2) is 0 Å². The molecule has 1 aromatic carbocycles. The van der Waals surface area contributed by atoms with Gasteiger partial charge < -0.3 is 10.1 Å². The number of ether oxygens (including phenoxy) is 1. The van der Waals surface area contributed by atoms with Crippen LogP contribution in [0.2, 0.25) is 0 Å². The van der Waals surface area contributed by atoms with E-state index in [1.807, 2.05) is 36.4 Å². The number of para-hydroxylation sites is 1. The molecular formula is C15H16N2O3. The van der Waals surface area contributed by atoms with E-state index in [1.54, 1.807) is 6.92 Å². The summed E-state index contributed by atoms with van der Waals surface area (Å²) >= 11 is 0. The number of esters is 1. The summed E-state index contributed by atoms with van der Waals surface area (Å²) in [5.74, 6) is -0.687. The minimum atomic E-state index is -0.438. The maximum absolute atomic E-state index is 11.7. The van der Waals surface area contributed by atoms with Crippen molar-refractivity contribution in [3.63, 3.8) is 0 Å². The van der Waals surface area contributed by atoms with Crippen LogP contribution in [0, 0.1) is 0 Å². The molecule has 2 aromatic rings. The Hall–Kier alpha value is -2.43. The summed E-state index contributed by atoms with van der Waals surface area (Å²) < 4.78 is 4.73. The predicted octanol–water partition coefficient (Wildman–Crippen LogP) is 1.46. The fourth-order valence-electron chi connectivity index (χ4n) is 1.82. The molecule has 5 heteroatoms. The molecule has 0 aliphatic heterocycles. The first-order valence-corrected chi connectivity index (χ1v) is 6.46. The topological polar surface area (TPSA) is 68.3 Å². The molecule has 1 aromatic heterocycles. The van der Waals surface area contributed by atoms with Crippen LogP contribution >= 0.6 is 0 Å². The Labute approximate surface area is 117 Å². The molecule has 20 heavy (non-hydrogen) atoms. The number of hydrogen-bond acceptors (Lipinski definition) is 4. The lowest BCUT2D eigenvalue weighted by atomic mass is 10.2. The van der Waals surface area contributed by atoms with Gasteiger partial charge in [-0.05, 0) is 19.1 Å². The molecule has 104 valence electrons. The van der Waals surface area contributed by atoms with Crippen molar-refractivity contribution in [3.05, 3.63) is 42.1 Å². The van der Waals surface area contributed by atoms with Crippen LogP contribution < -0.4 is 5.32 Å². The molecule has 0 bridgehead atoms. The van der Waals surface area contributed by atoms with Crippen LogP contribution in [-0.2, 0) is 20.7 Å². The third-order valence-electron chi connectivity index (χ3n) is 2.73. The second-order valence-corrected chi connectivity index (χ2v) is 4.25. The second kappa shape index (κ2) is 6.65. The monoisotopic (exact) mass is 272 g/mol. The summed E-state index contributed by atoms with van der Waals surface area (Å²) in [6.45, 7) is 1.92. The molecule has 0 radical (unpaired) electrons. The van der Waals surface area contributed by atoms with E-state index in [9.17, 15) is 9.59 Å². The van der Waals surface area contributed by atoms with Gasteiger partial charge >= 0.3 is 5.97 Å². The number of fused-ring (bicyclic) bond motifs is 1. The van der Waals surface area contributed by atoms with Crippen molar-refractivity contribution in [1.29, 1.82) is 0 Å². The molecule has 1 amide bonds. The lowest BCUT2D eigenvalue weighted by molar-refractivity contribution is -0.143. The first-order chi connectivity index (χ1) is 9.69. The normalized spacial score (nSPS) is 10.2. The minimum Gasteiger partial charge on any atom is -0.465 e. The maximum atomic E-state index is 11.7. The highest BCUT2D eigenvalue weighted by molar-refractivity contribution is 5.84. The standard InChI is InChI=1S/C15H16N2O3/c1-2-20-15(19)10-16-14(18)9-12-8-7-11-5-3-4-6-13(11)17-12/h3-8H,2,9-10H2,1H3,(H,16,18). The number of pyridine rings is 1. The van der Waals surface area contributed by atoms with Gasteiger partial charge in [-0.1, -0.05) is 24.3 Å². The van der Waals surface area contributed by atoms with E-state index in [-0.39, 0.29) is 18.9 Å². The zero-order valence-electron chi connectivity index (χ0n) is 11.3. The van der Waals surface area contributed by atoms with Crippen LogP contribution in [-0.4, -0.2) is 30.0 Å². The van der Waals surface area contributed by atoms with Crippen LogP contribution in [0.3, 0.4) is 0 Å². The van der Waals surface area contributed by atoms with E-state index in [0.29, 0.717) is 12.3 Å². The number of hydrogen-bond donors (Lipinski definition) is 1. The lowest BCUT2D eigenvalue weighted by Gasteiger charge is -2.05. The van der Waals surface area contributed by atoms with E-state index in [2.05, 4.69) is 10.3 Å². The van der Waals surface area contributed by atoms with Gasteiger partial charge in [-0.25, -0.2) is 0 Å². The van der Waals surface area contributed by atoms with Crippen LogP contribution in [0.1, 0.15) is 12.6 Å². The molecule has 1 heterocycles. The van der Waals surface area contributed by atoms with Crippen LogP contribution in [0.4, 0.5) is 0 Å². The first-order valence-electron chi connectivity index (χ1n) is 6.46. The van der Waals surface area contributed by atoms with Crippen LogP contribution in [0.5, 0.6) is 0 Å². The van der Waals surface area contributed by atoms with Gasteiger partial charge in [0.1, 0.15) is 6.54 Å². The number of nitrogens with zero attached hydrogens (tertiary/aromatic N) is 1. The van der Waals surface area contributed by atoms with E-state index in [0.717, 1.165) is 10.9 Å². The third kappa shape index (κ3) is 3.78. The average molecular weight is 272 g/mol. The predicted molar refractivity (Wildman–Crippen MR) is 75.1 cm³/mol. The number of nitrogens with one attached hydrogen (secondary N) is 1. The Morgan fingerprint density at radius 1 is 1.20 bits per heavy atom. The van der Waals surface area contributed by atoms with Crippen molar-refractivity contribution in [2.75, 3.05) is 13.2 Å². The van der Waals surface area contributed by atoms with Gasteiger partial charge in [0.05, 0.1) is 24.2 Å². The van der Waals surface area contributed by atoms with Crippen molar-refractivity contribution >= 4 is 22.8 Å². The summed E-state index contributed by atoms with van der Waals surface area (Å²) in [4.78, 5) is 27.2. The summed E-state index contributed by atoms with van der Waals surface area (Å²) in [5, 5.41) is 3.54. The highest BCUT2D eigenvalue weighted by Crippen LogP contribution is 2.11. The third-order valence-corrected chi connectivity index (χ3v) is 2.73. The first kappa shape index (κ1) is 14.0. The molecule has 5 nitrogen and oxygen atoms in total. The summed E-state index contributed by atoms with van der Waals surface area (Å²) in [7, 11) is 0. The van der Waals surface area contributed by atoms with Crippen molar-refractivity contribution in [3.8, 4) is 0 Å². The summed E-state index contributed by atoms with van der Waals surface area (Å²) in [6.07, 6.45) is 0.143. The molecule has 0 saturated heterocycles. The van der Waals surface area contributed by atoms with Crippen LogP contribution in [0.15, 0.2) is 36.4 Å². The van der Waals surface area contributed by atoms with Crippen molar-refractivity contribution in [2.24, 2.45) is 0 Å². The molecule has 0 unspecified atom stereocenters. The molecule has 2 rings (SSSR count). The lowest BCUT2D eigenvalue weighted by Crippen LogP contribution is -2.31. The van der Waals surface area contributed by atoms with Gasteiger partial charge in [0, 0.05) is 5.39 Å². The molecule has 0 aliphatic carbocycles. The summed E-state index contributed by atoms with van der Waals surface area (Å²) in [5.41, 5.74) is 1.52. The van der Waals surface area contributed by atoms with Crippen molar-refractivity contribution in [2.45, 2.75) is 13.3 Å². The quantitative estimate of drug-likeness (QED) is 0.837. The number of benzene rings is 1. The highest BCUT2D eigenvalue weighted by atomic mass is 16.5. The van der Waals surface area contributed by atoms with Crippen LogP contribution in [0.25, 0.3) is 10.9 Å². The number of aromatic nitrogens is 1. The second-order valence-electron chi connectivity index (χ2n) is 4.25. The van der Waals surface area contributed by atoms with E-state index >= 15 is 0 Å². The molecule has 1 N–H and O–H groups in total. The van der Waals surface area contributed by atoms with E-state index in [1.165, 1.54) is 0 Å². The fraction of sp³-hybridized carbons (Fsp3) is 0.267. The highest BCUT2D eigenvalue weighted by Gasteiger charge is 2.08. The smallest absolute Gasteiger partial charge is 0.325 e. The van der Waals surface area contributed by atoms with Gasteiger partial charge in [-0.15, -0.1) is 0 Å². The maximum Gasteiger partial charge on any atom is 0.325 e. The molecule has 0 aliphatic rings. The number of carbonyl (C=O) groups is 2. The molecular weight excluding hydrogens is 256 g/mol. The van der Waals surface area contributed by atoms with Crippen molar-refractivity contribution in [1.82, 2.24) is 10.3 Å². The van der Waals surface area contributed by atoms with Gasteiger partial charge in [0.2, 0.25) is 5.91 Å². The van der Waals surface area contributed by atoms with E-state index < -0.39 is 5.97 Å². The Morgan fingerprint density at radius 3 is 2.80 bits per heavy atom. The number of carbonyl (C=O) groups excluding carboxylic acids is 2. The zero-order valence-corrected chi connectivity index (χ0v) is 11.3. The van der Waals surface area contributed by atoms with Crippen molar-refractivity contribution < 1.29 is 14.3 Å². The Kier molecular flexibility index (Phi) is 4.65. The molecule has 0 saturated carbocycles. The largest absolute Gasteiger partial charge is 0.465 e. The summed E-state index contributed by atoms with van der Waals surface area (Å²) in [6, 6.07) is 11.4. The van der Waals surface area contributed by atoms with E-state index in [4.69, 9.17) is 4.74 Å². The molecule has 0 atom stereocenters. The Morgan fingerprint density at radius 2 is 2.00 bits per heavy atom. The number of amides is 1. The Bertz CT molecular complexity index is 625.